The minimum absolute atomic E-state index is 0.0742. The largest absolute Gasteiger partial charge is 0.494 e. The number of nitrogens with one attached hydrogen (secondary N) is 3. The van der Waals surface area contributed by atoms with Gasteiger partial charge in [0.2, 0.25) is 0 Å². The first kappa shape index (κ1) is 24.1. The predicted molar refractivity (Wildman–Crippen MR) is 137 cm³/mol. The standard InChI is InChI=1S/C25H20Cl2N4O4/c1-14-9-10-18(13-19(14)27)28-23(32)20-11-15-5-3-8-21(35-2)22(15)31(20)30-25(34)24(33)29-17-7-4-6-16(26)12-17/h3-13H,1-2H3,(H,28,32)(H,29,33)(H,30,34). The first-order valence-electron chi connectivity index (χ1n) is 10.4. The van der Waals surface area contributed by atoms with Crippen LogP contribution in [0.4, 0.5) is 11.4 Å². The van der Waals surface area contributed by atoms with E-state index in [1.807, 2.05) is 6.92 Å². The Hall–Kier alpha value is -4.01. The second-order valence-electron chi connectivity index (χ2n) is 7.59. The smallest absolute Gasteiger partial charge is 0.328 e. The number of methoxy groups -OCH3 is 1. The molecule has 178 valence electrons. The van der Waals surface area contributed by atoms with E-state index in [4.69, 9.17) is 27.9 Å². The predicted octanol–water partition coefficient (Wildman–Crippen LogP) is 5.23. The highest BCUT2D eigenvalue weighted by Crippen LogP contribution is 2.29. The molecule has 8 nitrogen and oxygen atoms in total. The van der Waals surface area contributed by atoms with Gasteiger partial charge in [-0.2, -0.15) is 0 Å². The Morgan fingerprint density at radius 2 is 1.60 bits per heavy atom. The van der Waals surface area contributed by atoms with E-state index >= 15 is 0 Å². The molecule has 0 aliphatic heterocycles. The van der Waals surface area contributed by atoms with Crippen LogP contribution in [0.1, 0.15) is 16.1 Å². The molecule has 0 saturated heterocycles. The average Bonchev–Trinajstić information content (AvgIpc) is 3.20. The summed E-state index contributed by atoms with van der Waals surface area (Å²) in [5, 5.41) is 6.75. The van der Waals surface area contributed by atoms with Crippen LogP contribution in [0.25, 0.3) is 10.9 Å². The quantitative estimate of drug-likeness (QED) is 0.320. The third-order valence-electron chi connectivity index (χ3n) is 5.17. The molecule has 0 spiro atoms. The molecule has 1 heterocycles. The summed E-state index contributed by atoms with van der Waals surface area (Å²) < 4.78 is 6.64. The molecule has 0 radical (unpaired) electrons. The summed E-state index contributed by atoms with van der Waals surface area (Å²) in [5.41, 5.74) is 4.66. The van der Waals surface area contributed by atoms with Crippen LogP contribution < -0.4 is 20.8 Å². The summed E-state index contributed by atoms with van der Waals surface area (Å²) in [5.74, 6) is -2.07. The summed E-state index contributed by atoms with van der Waals surface area (Å²) in [7, 11) is 1.47. The number of anilines is 2. The number of ether oxygens (including phenoxy) is 1. The molecular formula is C25H20Cl2N4O4. The number of aryl methyl sites for hydroxylation is 1. The number of fused-ring (bicyclic) bond motifs is 1. The summed E-state index contributed by atoms with van der Waals surface area (Å²) in [6.45, 7) is 1.85. The number of benzene rings is 3. The Kier molecular flexibility index (Phi) is 6.95. The van der Waals surface area contributed by atoms with Crippen LogP contribution in [-0.4, -0.2) is 29.5 Å². The first-order valence-corrected chi connectivity index (χ1v) is 11.2. The molecule has 10 heteroatoms. The minimum Gasteiger partial charge on any atom is -0.494 e. The van der Waals surface area contributed by atoms with E-state index in [9.17, 15) is 14.4 Å². The van der Waals surface area contributed by atoms with Gasteiger partial charge < -0.3 is 15.4 Å². The Labute approximate surface area is 210 Å². The third kappa shape index (κ3) is 5.24. The molecule has 3 aromatic carbocycles. The van der Waals surface area contributed by atoms with Gasteiger partial charge in [0.05, 0.1) is 7.11 Å². The molecule has 0 saturated carbocycles. The number of carbonyl (C=O) groups is 3. The lowest BCUT2D eigenvalue weighted by molar-refractivity contribution is -0.133. The van der Waals surface area contributed by atoms with E-state index in [2.05, 4.69) is 16.1 Å². The van der Waals surface area contributed by atoms with Crippen LogP contribution in [0.2, 0.25) is 10.0 Å². The maximum atomic E-state index is 13.2. The van der Waals surface area contributed by atoms with E-state index in [1.165, 1.54) is 17.9 Å². The second-order valence-corrected chi connectivity index (χ2v) is 8.43. The number of carbonyl (C=O) groups excluding carboxylic acids is 3. The van der Waals surface area contributed by atoms with Gasteiger partial charge in [-0.1, -0.05) is 47.5 Å². The number of nitrogens with zero attached hydrogens (tertiary/aromatic N) is 1. The monoisotopic (exact) mass is 510 g/mol. The molecule has 0 atom stereocenters. The van der Waals surface area contributed by atoms with Gasteiger partial charge in [-0.3, -0.25) is 19.8 Å². The van der Waals surface area contributed by atoms with Crippen LogP contribution >= 0.6 is 23.2 Å². The lowest BCUT2D eigenvalue weighted by Crippen LogP contribution is -2.36. The van der Waals surface area contributed by atoms with Crippen molar-refractivity contribution in [2.75, 3.05) is 23.2 Å². The van der Waals surface area contributed by atoms with Crippen molar-refractivity contribution in [2.45, 2.75) is 6.92 Å². The number of halogens is 2. The highest BCUT2D eigenvalue weighted by Gasteiger charge is 2.23. The van der Waals surface area contributed by atoms with Crippen molar-refractivity contribution >= 4 is 63.2 Å². The normalized spacial score (nSPS) is 10.6. The zero-order valence-electron chi connectivity index (χ0n) is 18.7. The molecule has 0 bridgehead atoms. The fourth-order valence-electron chi connectivity index (χ4n) is 3.45. The van der Waals surface area contributed by atoms with Crippen LogP contribution in [-0.2, 0) is 9.59 Å². The molecule has 4 aromatic rings. The van der Waals surface area contributed by atoms with Gasteiger partial charge in [-0.25, -0.2) is 4.68 Å². The average molecular weight is 511 g/mol. The zero-order valence-corrected chi connectivity index (χ0v) is 20.2. The number of rotatable bonds is 5. The summed E-state index contributed by atoms with van der Waals surface area (Å²) in [6.07, 6.45) is 0. The molecule has 0 fully saturated rings. The molecule has 3 N–H and O–H groups in total. The number of para-hydroxylation sites is 1. The van der Waals surface area contributed by atoms with Crippen LogP contribution in [0.15, 0.2) is 66.7 Å². The van der Waals surface area contributed by atoms with E-state index in [-0.39, 0.29) is 5.69 Å². The fraction of sp³-hybridized carbons (Fsp3) is 0.0800. The summed E-state index contributed by atoms with van der Waals surface area (Å²) in [4.78, 5) is 38.5. The topological polar surface area (TPSA) is 101 Å². The van der Waals surface area contributed by atoms with Gasteiger partial charge in [0, 0.05) is 26.8 Å². The van der Waals surface area contributed by atoms with Crippen LogP contribution in [0, 0.1) is 6.92 Å². The van der Waals surface area contributed by atoms with E-state index in [0.717, 1.165) is 5.56 Å². The molecule has 35 heavy (non-hydrogen) atoms. The SMILES string of the molecule is COc1cccc2cc(C(=O)Nc3ccc(C)c(Cl)c3)n(NC(=O)C(=O)Nc3cccc(Cl)c3)c12. The van der Waals surface area contributed by atoms with Crippen molar-refractivity contribution < 1.29 is 19.1 Å². The lowest BCUT2D eigenvalue weighted by atomic mass is 10.2. The van der Waals surface area contributed by atoms with Crippen molar-refractivity contribution in [3.8, 4) is 5.75 Å². The Morgan fingerprint density at radius 3 is 2.31 bits per heavy atom. The van der Waals surface area contributed by atoms with Crippen LogP contribution in [0.5, 0.6) is 5.75 Å². The van der Waals surface area contributed by atoms with Crippen molar-refractivity contribution in [1.29, 1.82) is 0 Å². The van der Waals surface area contributed by atoms with Crippen molar-refractivity contribution in [1.82, 2.24) is 4.68 Å². The Bertz CT molecular complexity index is 1470. The maximum Gasteiger partial charge on any atom is 0.328 e. The molecule has 0 unspecified atom stereocenters. The van der Waals surface area contributed by atoms with Crippen molar-refractivity contribution in [2.24, 2.45) is 0 Å². The van der Waals surface area contributed by atoms with Gasteiger partial charge >= 0.3 is 11.8 Å². The number of hydrogen-bond donors (Lipinski definition) is 3. The number of amides is 3. The molecule has 0 aliphatic rings. The van der Waals surface area contributed by atoms with E-state index in [1.54, 1.807) is 60.7 Å². The van der Waals surface area contributed by atoms with Gasteiger partial charge in [0.25, 0.3) is 5.91 Å². The zero-order chi connectivity index (χ0) is 25.1. The summed E-state index contributed by atoms with van der Waals surface area (Å²) >= 11 is 12.1. The van der Waals surface area contributed by atoms with Crippen molar-refractivity contribution in [3.63, 3.8) is 0 Å². The van der Waals surface area contributed by atoms with Gasteiger partial charge in [-0.05, 0) is 55.0 Å². The fourth-order valence-corrected chi connectivity index (χ4v) is 3.82. The van der Waals surface area contributed by atoms with Crippen LogP contribution in [0.3, 0.4) is 0 Å². The number of aromatic nitrogens is 1. The molecule has 4 rings (SSSR count). The molecular weight excluding hydrogens is 491 g/mol. The lowest BCUT2D eigenvalue weighted by Gasteiger charge is -2.14. The number of hydrogen-bond acceptors (Lipinski definition) is 4. The Balaban J connectivity index is 1.67. The molecule has 0 aliphatic carbocycles. The van der Waals surface area contributed by atoms with E-state index in [0.29, 0.717) is 38.1 Å². The van der Waals surface area contributed by atoms with Gasteiger partial charge in [0.1, 0.15) is 17.0 Å². The van der Waals surface area contributed by atoms with Gasteiger partial charge in [-0.15, -0.1) is 0 Å². The first-order chi connectivity index (χ1) is 16.8. The van der Waals surface area contributed by atoms with Crippen molar-refractivity contribution in [3.05, 3.63) is 88.0 Å². The Morgan fingerprint density at radius 1 is 0.857 bits per heavy atom. The summed E-state index contributed by atoms with van der Waals surface area (Å²) in [6, 6.07) is 18.3. The molecule has 1 aromatic heterocycles. The molecule has 3 amide bonds. The maximum absolute atomic E-state index is 13.2. The van der Waals surface area contributed by atoms with Gasteiger partial charge in [0.15, 0.2) is 0 Å². The second kappa shape index (κ2) is 10.1. The highest BCUT2D eigenvalue weighted by molar-refractivity contribution is 6.42. The highest BCUT2D eigenvalue weighted by atomic mass is 35.5. The minimum atomic E-state index is -0.999. The van der Waals surface area contributed by atoms with E-state index < -0.39 is 17.7 Å². The third-order valence-corrected chi connectivity index (χ3v) is 5.81.